The predicted molar refractivity (Wildman–Crippen MR) is 137 cm³/mol. The number of carboxylic acid groups (broad SMARTS) is 1. The van der Waals surface area contributed by atoms with Crippen molar-refractivity contribution in [2.45, 2.75) is 57.8 Å². The van der Waals surface area contributed by atoms with Gasteiger partial charge in [-0.25, -0.2) is 4.79 Å². The van der Waals surface area contributed by atoms with Crippen LogP contribution in [0.3, 0.4) is 0 Å². The van der Waals surface area contributed by atoms with Gasteiger partial charge in [0, 0.05) is 23.5 Å². The number of carbonyl (C=O) groups excluding carboxylic acids is 3. The van der Waals surface area contributed by atoms with E-state index in [1.165, 1.54) is 18.7 Å². The maximum absolute atomic E-state index is 13.3. The van der Waals surface area contributed by atoms with Crippen molar-refractivity contribution in [3.05, 3.63) is 36.0 Å². The molecular weight excluding hydrogens is 470 g/mol. The summed E-state index contributed by atoms with van der Waals surface area (Å²) in [5.41, 5.74) is 7.41. The summed E-state index contributed by atoms with van der Waals surface area (Å²) in [4.78, 5) is 53.3. The molecule has 4 atom stereocenters. The quantitative estimate of drug-likeness (QED) is 0.236. The zero-order chi connectivity index (χ0) is 26.1. The molecule has 2 rings (SSSR count). The van der Waals surface area contributed by atoms with Crippen LogP contribution in [0.15, 0.2) is 30.5 Å². The number of carboxylic acids is 1. The minimum absolute atomic E-state index is 0.173. The van der Waals surface area contributed by atoms with E-state index in [2.05, 4.69) is 20.9 Å². The van der Waals surface area contributed by atoms with Crippen LogP contribution in [-0.4, -0.2) is 70.0 Å². The second kappa shape index (κ2) is 13.1. The number of benzene rings is 1. The zero-order valence-corrected chi connectivity index (χ0v) is 21.3. The minimum Gasteiger partial charge on any atom is -0.480 e. The fourth-order valence-corrected chi connectivity index (χ4v) is 4.05. The molecule has 7 N–H and O–H groups in total. The van der Waals surface area contributed by atoms with Crippen molar-refractivity contribution in [1.29, 1.82) is 0 Å². The first-order chi connectivity index (χ1) is 16.5. The van der Waals surface area contributed by atoms with Crippen molar-refractivity contribution >= 4 is 46.4 Å². The zero-order valence-electron chi connectivity index (χ0n) is 20.5. The highest BCUT2D eigenvalue weighted by Crippen LogP contribution is 2.19. The molecule has 0 fully saturated rings. The molecule has 35 heavy (non-hydrogen) atoms. The lowest BCUT2D eigenvalue weighted by Gasteiger charge is -2.27. The number of nitrogens with one attached hydrogen (secondary N) is 4. The van der Waals surface area contributed by atoms with Crippen molar-refractivity contribution in [2.75, 3.05) is 12.0 Å². The summed E-state index contributed by atoms with van der Waals surface area (Å²) in [5.74, 6) is -2.56. The van der Waals surface area contributed by atoms with Gasteiger partial charge in [0.2, 0.25) is 17.7 Å². The van der Waals surface area contributed by atoms with Crippen molar-refractivity contribution < 1.29 is 24.3 Å². The van der Waals surface area contributed by atoms with E-state index in [0.29, 0.717) is 5.75 Å². The Balaban J connectivity index is 2.23. The van der Waals surface area contributed by atoms with Crippen LogP contribution in [-0.2, 0) is 25.6 Å². The first-order valence-corrected chi connectivity index (χ1v) is 12.9. The number of aromatic amines is 1. The molecule has 0 radical (unpaired) electrons. The Morgan fingerprint density at radius 2 is 1.66 bits per heavy atom. The first-order valence-electron chi connectivity index (χ1n) is 11.5. The van der Waals surface area contributed by atoms with Crippen LogP contribution >= 0.6 is 11.8 Å². The average Bonchev–Trinajstić information content (AvgIpc) is 3.21. The summed E-state index contributed by atoms with van der Waals surface area (Å²) in [6.45, 7) is 5.01. The Hall–Kier alpha value is -3.05. The van der Waals surface area contributed by atoms with Gasteiger partial charge < -0.3 is 31.8 Å². The average molecular weight is 506 g/mol. The molecule has 1 heterocycles. The van der Waals surface area contributed by atoms with Crippen molar-refractivity contribution in [3.8, 4) is 0 Å². The van der Waals surface area contributed by atoms with Crippen LogP contribution in [0.25, 0.3) is 10.9 Å². The molecule has 2 aromatic rings. The fraction of sp³-hybridized carbons (Fsp3) is 0.500. The molecule has 3 amide bonds. The molecule has 0 spiro atoms. The number of nitrogens with two attached hydrogens (primary N) is 1. The molecule has 1 aromatic carbocycles. The highest BCUT2D eigenvalue weighted by atomic mass is 32.2. The Morgan fingerprint density at radius 3 is 2.26 bits per heavy atom. The largest absolute Gasteiger partial charge is 0.480 e. The SMILES string of the molecule is CSCCC(NC(=O)C(NC(=O)C(Cc1c[nH]c2ccccc12)NC(=O)C(C)N)C(C)C)C(=O)O. The molecule has 0 aliphatic rings. The molecule has 192 valence electrons. The Kier molecular flexibility index (Phi) is 10.6. The van der Waals surface area contributed by atoms with Gasteiger partial charge in [-0.2, -0.15) is 11.8 Å². The van der Waals surface area contributed by atoms with Gasteiger partial charge in [0.15, 0.2) is 0 Å². The van der Waals surface area contributed by atoms with Crippen LogP contribution in [0.5, 0.6) is 0 Å². The highest BCUT2D eigenvalue weighted by molar-refractivity contribution is 7.98. The number of fused-ring (bicyclic) bond motifs is 1. The van der Waals surface area contributed by atoms with E-state index in [1.54, 1.807) is 20.0 Å². The summed E-state index contributed by atoms with van der Waals surface area (Å²) < 4.78 is 0. The Morgan fingerprint density at radius 1 is 1.00 bits per heavy atom. The van der Waals surface area contributed by atoms with Gasteiger partial charge in [-0.15, -0.1) is 0 Å². The summed E-state index contributed by atoms with van der Waals surface area (Å²) in [5, 5.41) is 18.3. The summed E-state index contributed by atoms with van der Waals surface area (Å²) in [7, 11) is 0. The van der Waals surface area contributed by atoms with Crippen molar-refractivity contribution in [1.82, 2.24) is 20.9 Å². The molecule has 10 nitrogen and oxygen atoms in total. The van der Waals surface area contributed by atoms with E-state index in [-0.39, 0.29) is 18.8 Å². The van der Waals surface area contributed by atoms with E-state index in [0.717, 1.165) is 16.5 Å². The van der Waals surface area contributed by atoms with Gasteiger partial charge in [0.1, 0.15) is 18.1 Å². The molecule has 4 unspecified atom stereocenters. The predicted octanol–water partition coefficient (Wildman–Crippen LogP) is 1.01. The van der Waals surface area contributed by atoms with E-state index in [1.807, 2.05) is 30.5 Å². The molecular formula is C24H35N5O5S. The van der Waals surface area contributed by atoms with Crippen LogP contribution in [0.4, 0.5) is 0 Å². The van der Waals surface area contributed by atoms with Crippen molar-refractivity contribution in [2.24, 2.45) is 11.7 Å². The number of thioether (sulfide) groups is 1. The molecule has 11 heteroatoms. The molecule has 0 aliphatic carbocycles. The Bertz CT molecular complexity index is 1040. The third-order valence-electron chi connectivity index (χ3n) is 5.62. The molecule has 0 saturated heterocycles. The van der Waals surface area contributed by atoms with E-state index >= 15 is 0 Å². The van der Waals surface area contributed by atoms with Crippen LogP contribution in [0, 0.1) is 5.92 Å². The van der Waals surface area contributed by atoms with Gasteiger partial charge in [0.05, 0.1) is 6.04 Å². The lowest BCUT2D eigenvalue weighted by Crippen LogP contribution is -2.58. The maximum atomic E-state index is 13.3. The van der Waals surface area contributed by atoms with Crippen molar-refractivity contribution in [3.63, 3.8) is 0 Å². The smallest absolute Gasteiger partial charge is 0.326 e. The van der Waals surface area contributed by atoms with Gasteiger partial charge in [-0.05, 0) is 42.9 Å². The lowest BCUT2D eigenvalue weighted by atomic mass is 10.00. The lowest BCUT2D eigenvalue weighted by molar-refractivity contribution is -0.142. The standard InChI is InChI=1S/C24H35N5O5S/c1-13(2)20(23(32)27-18(24(33)34)9-10-35-4)29-22(31)19(28-21(30)14(3)25)11-15-12-26-17-8-6-5-7-16(15)17/h5-8,12-14,18-20,26H,9-11,25H2,1-4H3,(H,27,32)(H,28,30)(H,29,31)(H,33,34). The third kappa shape index (κ3) is 8.00. The van der Waals surface area contributed by atoms with Gasteiger partial charge >= 0.3 is 5.97 Å². The fourth-order valence-electron chi connectivity index (χ4n) is 3.58. The molecule has 0 bridgehead atoms. The second-order valence-electron chi connectivity index (χ2n) is 8.82. The first kappa shape index (κ1) is 28.2. The second-order valence-corrected chi connectivity index (χ2v) is 9.81. The van der Waals surface area contributed by atoms with E-state index < -0.39 is 47.9 Å². The van der Waals surface area contributed by atoms with Gasteiger partial charge in [-0.3, -0.25) is 14.4 Å². The number of aliphatic carboxylic acids is 1. The van der Waals surface area contributed by atoms with Gasteiger partial charge in [0.25, 0.3) is 0 Å². The Labute approximate surface area is 209 Å². The van der Waals surface area contributed by atoms with Crippen LogP contribution in [0.1, 0.15) is 32.8 Å². The normalized spacial score (nSPS) is 14.7. The third-order valence-corrected chi connectivity index (χ3v) is 6.26. The number of carbonyl (C=O) groups is 4. The molecule has 0 aliphatic heterocycles. The van der Waals surface area contributed by atoms with Crippen LogP contribution in [0.2, 0.25) is 0 Å². The number of hydrogen-bond acceptors (Lipinski definition) is 6. The summed E-state index contributed by atoms with van der Waals surface area (Å²) in [6, 6.07) is 3.71. The topological polar surface area (TPSA) is 166 Å². The number of H-pyrrole nitrogens is 1. The van der Waals surface area contributed by atoms with Gasteiger partial charge in [-0.1, -0.05) is 32.0 Å². The maximum Gasteiger partial charge on any atom is 0.326 e. The number of hydrogen-bond donors (Lipinski definition) is 6. The summed E-state index contributed by atoms with van der Waals surface area (Å²) in [6.07, 6.45) is 4.06. The minimum atomic E-state index is -1.14. The van der Waals surface area contributed by atoms with Crippen LogP contribution < -0.4 is 21.7 Å². The monoisotopic (exact) mass is 505 g/mol. The summed E-state index contributed by atoms with van der Waals surface area (Å²) >= 11 is 1.48. The number of rotatable bonds is 13. The highest BCUT2D eigenvalue weighted by Gasteiger charge is 2.32. The number of para-hydroxylation sites is 1. The van der Waals surface area contributed by atoms with E-state index in [4.69, 9.17) is 5.73 Å². The number of amides is 3. The molecule has 1 aromatic heterocycles. The number of aromatic nitrogens is 1. The van der Waals surface area contributed by atoms with E-state index in [9.17, 15) is 24.3 Å². The molecule has 0 saturated carbocycles.